The molecule has 5 heteroatoms. The van der Waals surface area contributed by atoms with Crippen LogP contribution in [0.2, 0.25) is 0 Å². The van der Waals surface area contributed by atoms with E-state index in [-0.39, 0.29) is 11.8 Å². The van der Waals surface area contributed by atoms with Gasteiger partial charge in [-0.1, -0.05) is 25.1 Å². The number of benzene rings is 2. The largest absolute Gasteiger partial charge is 0.336 e. The maximum atomic E-state index is 12.9. The van der Waals surface area contributed by atoms with Gasteiger partial charge < -0.3 is 14.7 Å². The summed E-state index contributed by atoms with van der Waals surface area (Å²) in [5.74, 6) is -0.0144. The van der Waals surface area contributed by atoms with Crippen LogP contribution in [-0.4, -0.2) is 60.9 Å². The van der Waals surface area contributed by atoms with Gasteiger partial charge in [0, 0.05) is 49.5 Å². The maximum Gasteiger partial charge on any atom is 0.258 e. The van der Waals surface area contributed by atoms with Gasteiger partial charge in [-0.05, 0) is 49.9 Å². The molecular formula is C22H27N3O2. The molecule has 0 saturated carbocycles. The van der Waals surface area contributed by atoms with Crippen LogP contribution in [0.5, 0.6) is 0 Å². The number of hydrogen-bond acceptors (Lipinski definition) is 3. The van der Waals surface area contributed by atoms with E-state index in [2.05, 4.69) is 11.8 Å². The van der Waals surface area contributed by atoms with Crippen molar-refractivity contribution in [3.05, 3.63) is 65.7 Å². The maximum absolute atomic E-state index is 12.9. The van der Waals surface area contributed by atoms with Crippen LogP contribution in [0.4, 0.5) is 5.69 Å². The lowest BCUT2D eigenvalue weighted by Gasteiger charge is -2.34. The Morgan fingerprint density at radius 3 is 2.00 bits per heavy atom. The highest BCUT2D eigenvalue weighted by atomic mass is 16.2. The molecule has 1 saturated heterocycles. The number of anilines is 1. The van der Waals surface area contributed by atoms with Gasteiger partial charge in [0.05, 0.1) is 0 Å². The number of piperazine rings is 1. The van der Waals surface area contributed by atoms with Crippen LogP contribution in [0.3, 0.4) is 0 Å². The number of carbonyl (C=O) groups excluding carboxylic acids is 2. The Kier molecular flexibility index (Phi) is 6.24. The second-order valence-electron chi connectivity index (χ2n) is 6.69. The van der Waals surface area contributed by atoms with Crippen molar-refractivity contribution in [2.24, 2.45) is 0 Å². The molecular weight excluding hydrogens is 338 g/mol. The smallest absolute Gasteiger partial charge is 0.258 e. The normalized spacial score (nSPS) is 14.8. The van der Waals surface area contributed by atoms with Crippen molar-refractivity contribution in [1.82, 2.24) is 9.80 Å². The monoisotopic (exact) mass is 365 g/mol. The lowest BCUT2D eigenvalue weighted by molar-refractivity contribution is 0.0643. The minimum atomic E-state index is -0.0562. The van der Waals surface area contributed by atoms with Crippen molar-refractivity contribution >= 4 is 17.5 Å². The van der Waals surface area contributed by atoms with E-state index in [1.807, 2.05) is 42.2 Å². The molecule has 142 valence electrons. The summed E-state index contributed by atoms with van der Waals surface area (Å²) in [5, 5.41) is 0. The third-order valence-corrected chi connectivity index (χ3v) is 5.11. The molecule has 2 aromatic carbocycles. The Morgan fingerprint density at radius 2 is 1.44 bits per heavy atom. The molecule has 0 atom stereocenters. The summed E-state index contributed by atoms with van der Waals surface area (Å²) in [7, 11) is 0. The zero-order valence-electron chi connectivity index (χ0n) is 16.1. The van der Waals surface area contributed by atoms with Crippen LogP contribution in [0, 0.1) is 0 Å². The third kappa shape index (κ3) is 4.37. The Labute approximate surface area is 161 Å². The average Bonchev–Trinajstić information content (AvgIpc) is 2.74. The number of rotatable bonds is 5. The molecule has 5 nitrogen and oxygen atoms in total. The molecule has 0 radical (unpaired) electrons. The quantitative estimate of drug-likeness (QED) is 0.818. The van der Waals surface area contributed by atoms with Crippen molar-refractivity contribution in [3.63, 3.8) is 0 Å². The Balaban J connectivity index is 1.69. The van der Waals surface area contributed by atoms with Crippen LogP contribution in [0.15, 0.2) is 54.6 Å². The van der Waals surface area contributed by atoms with Crippen molar-refractivity contribution in [2.45, 2.75) is 13.8 Å². The van der Waals surface area contributed by atoms with Crippen LogP contribution in [-0.2, 0) is 0 Å². The molecule has 0 aliphatic carbocycles. The van der Waals surface area contributed by atoms with Crippen LogP contribution < -0.4 is 4.90 Å². The third-order valence-electron chi connectivity index (χ3n) is 5.11. The highest BCUT2D eigenvalue weighted by Crippen LogP contribution is 2.17. The van der Waals surface area contributed by atoms with Gasteiger partial charge in [-0.15, -0.1) is 0 Å². The van der Waals surface area contributed by atoms with E-state index in [0.717, 1.165) is 38.4 Å². The highest BCUT2D eigenvalue weighted by molar-refractivity contribution is 6.06. The minimum Gasteiger partial charge on any atom is -0.336 e. The Hall–Kier alpha value is -2.66. The number of amides is 2. The van der Waals surface area contributed by atoms with Gasteiger partial charge in [0.1, 0.15) is 0 Å². The molecule has 27 heavy (non-hydrogen) atoms. The van der Waals surface area contributed by atoms with Gasteiger partial charge in [-0.2, -0.15) is 0 Å². The molecule has 0 spiro atoms. The summed E-state index contributed by atoms with van der Waals surface area (Å²) in [6.07, 6.45) is 0. The van der Waals surface area contributed by atoms with Gasteiger partial charge in [0.15, 0.2) is 0 Å². The fourth-order valence-corrected chi connectivity index (χ4v) is 3.41. The number of hydrogen-bond donors (Lipinski definition) is 0. The van der Waals surface area contributed by atoms with Crippen LogP contribution in [0.1, 0.15) is 34.6 Å². The standard InChI is InChI=1S/C22H27N3O2/c1-3-23-14-16-24(17-15-23)21(26)18-10-12-19(13-11-18)22(27)25(4-2)20-8-6-5-7-9-20/h5-13H,3-4,14-17H2,1-2H3. The van der Waals surface area contributed by atoms with Gasteiger partial charge >= 0.3 is 0 Å². The van der Waals surface area contributed by atoms with Gasteiger partial charge in [0.25, 0.3) is 11.8 Å². The highest BCUT2D eigenvalue weighted by Gasteiger charge is 2.22. The average molecular weight is 365 g/mol. The first-order valence-electron chi connectivity index (χ1n) is 9.62. The number of likely N-dealkylation sites (N-methyl/N-ethyl adjacent to an activating group) is 1. The first-order valence-corrected chi connectivity index (χ1v) is 9.62. The summed E-state index contributed by atoms with van der Waals surface area (Å²) in [5.41, 5.74) is 2.10. The first kappa shape index (κ1) is 19.1. The fourth-order valence-electron chi connectivity index (χ4n) is 3.41. The van der Waals surface area contributed by atoms with Crippen molar-refractivity contribution in [1.29, 1.82) is 0 Å². The molecule has 0 N–H and O–H groups in total. The van der Waals surface area contributed by atoms with E-state index in [4.69, 9.17) is 0 Å². The lowest BCUT2D eigenvalue weighted by Crippen LogP contribution is -2.48. The van der Waals surface area contributed by atoms with E-state index in [0.29, 0.717) is 17.7 Å². The molecule has 1 heterocycles. The second kappa shape index (κ2) is 8.82. The van der Waals surface area contributed by atoms with E-state index in [1.165, 1.54) is 0 Å². The molecule has 3 rings (SSSR count). The molecule has 1 fully saturated rings. The zero-order chi connectivity index (χ0) is 19.2. The lowest BCUT2D eigenvalue weighted by atomic mass is 10.1. The zero-order valence-corrected chi connectivity index (χ0v) is 16.1. The summed E-state index contributed by atoms with van der Waals surface area (Å²) in [6.45, 7) is 9.05. The topological polar surface area (TPSA) is 43.9 Å². The van der Waals surface area contributed by atoms with Crippen molar-refractivity contribution in [3.8, 4) is 0 Å². The van der Waals surface area contributed by atoms with Gasteiger partial charge in [0.2, 0.25) is 0 Å². The number of para-hydroxylation sites is 1. The van der Waals surface area contributed by atoms with E-state index in [9.17, 15) is 9.59 Å². The predicted molar refractivity (Wildman–Crippen MR) is 108 cm³/mol. The van der Waals surface area contributed by atoms with Crippen LogP contribution >= 0.6 is 0 Å². The van der Waals surface area contributed by atoms with Gasteiger partial charge in [-0.3, -0.25) is 9.59 Å². The van der Waals surface area contributed by atoms with E-state index in [1.54, 1.807) is 29.2 Å². The molecule has 0 bridgehead atoms. The van der Waals surface area contributed by atoms with E-state index < -0.39 is 0 Å². The van der Waals surface area contributed by atoms with Gasteiger partial charge in [-0.25, -0.2) is 0 Å². The number of nitrogens with zero attached hydrogens (tertiary/aromatic N) is 3. The summed E-state index contributed by atoms with van der Waals surface area (Å²) in [4.78, 5) is 31.5. The van der Waals surface area contributed by atoms with Crippen molar-refractivity contribution < 1.29 is 9.59 Å². The molecule has 0 unspecified atom stereocenters. The minimum absolute atomic E-state index is 0.0418. The Bertz CT molecular complexity index is 766. The molecule has 1 aliphatic rings. The molecule has 0 aromatic heterocycles. The van der Waals surface area contributed by atoms with Crippen LogP contribution in [0.25, 0.3) is 0 Å². The summed E-state index contributed by atoms with van der Waals surface area (Å²) >= 11 is 0. The SMILES string of the molecule is CCN1CCN(C(=O)c2ccc(C(=O)N(CC)c3ccccc3)cc2)CC1. The van der Waals surface area contributed by atoms with Crippen molar-refractivity contribution in [2.75, 3.05) is 44.2 Å². The fraction of sp³-hybridized carbons (Fsp3) is 0.364. The molecule has 1 aliphatic heterocycles. The first-order chi connectivity index (χ1) is 13.1. The predicted octanol–water partition coefficient (Wildman–Crippen LogP) is 3.13. The molecule has 2 aromatic rings. The van der Waals surface area contributed by atoms with E-state index >= 15 is 0 Å². The molecule has 2 amide bonds. The summed E-state index contributed by atoms with van der Waals surface area (Å²) < 4.78 is 0. The Morgan fingerprint density at radius 1 is 0.852 bits per heavy atom. The second-order valence-corrected chi connectivity index (χ2v) is 6.69. The number of carbonyl (C=O) groups is 2. The summed E-state index contributed by atoms with van der Waals surface area (Å²) in [6, 6.07) is 16.7.